The van der Waals surface area contributed by atoms with Gasteiger partial charge in [0.15, 0.2) is 0 Å². The van der Waals surface area contributed by atoms with E-state index in [-0.39, 0.29) is 0 Å². The van der Waals surface area contributed by atoms with E-state index in [2.05, 4.69) is 42.4 Å². The zero-order chi connectivity index (χ0) is 14.7. The fourth-order valence-electron chi connectivity index (χ4n) is 2.68. The van der Waals surface area contributed by atoms with Crippen molar-refractivity contribution in [2.75, 3.05) is 69.0 Å². The molecule has 1 atom stereocenters. The molecule has 1 aromatic heterocycles. The average Bonchev–Trinajstić information content (AvgIpc) is 2.93. The van der Waals surface area contributed by atoms with Crippen molar-refractivity contribution in [3.8, 4) is 0 Å². The van der Waals surface area contributed by atoms with Crippen LogP contribution in [0, 0.1) is 0 Å². The second kappa shape index (κ2) is 6.40. The molecular formula is C13H23N7O. The maximum absolute atomic E-state index is 5.38. The lowest BCUT2D eigenvalue weighted by molar-refractivity contribution is 0.122. The SMILES string of the molecule is CNc1nc(NC2CCN(C)C2)nc(N2CCOCC2)n1. The standard InChI is InChI=1S/C13H23N7O/c1-14-11-16-12(15-10-3-4-19(2)9-10)18-13(17-11)20-5-7-21-8-6-20/h10H,3-9H2,1-2H3,(H2,14,15,16,17,18). The van der Waals surface area contributed by atoms with E-state index in [1.165, 1.54) is 0 Å². The molecule has 21 heavy (non-hydrogen) atoms. The number of ether oxygens (including phenoxy) is 1. The first-order valence-corrected chi connectivity index (χ1v) is 7.46. The van der Waals surface area contributed by atoms with E-state index in [9.17, 15) is 0 Å². The number of nitrogens with zero attached hydrogens (tertiary/aromatic N) is 5. The Labute approximate surface area is 124 Å². The third-order valence-electron chi connectivity index (χ3n) is 3.87. The zero-order valence-electron chi connectivity index (χ0n) is 12.7. The summed E-state index contributed by atoms with van der Waals surface area (Å²) in [4.78, 5) is 17.9. The number of nitrogens with one attached hydrogen (secondary N) is 2. The molecular weight excluding hydrogens is 270 g/mol. The smallest absolute Gasteiger partial charge is 0.232 e. The third kappa shape index (κ3) is 3.51. The zero-order valence-corrected chi connectivity index (χ0v) is 12.7. The van der Waals surface area contributed by atoms with Gasteiger partial charge < -0.3 is 25.2 Å². The highest BCUT2D eigenvalue weighted by Crippen LogP contribution is 2.17. The van der Waals surface area contributed by atoms with Crippen LogP contribution in [0.2, 0.25) is 0 Å². The van der Waals surface area contributed by atoms with Gasteiger partial charge in [0.1, 0.15) is 0 Å². The van der Waals surface area contributed by atoms with Crippen molar-refractivity contribution in [1.29, 1.82) is 0 Å². The normalized spacial score (nSPS) is 23.3. The molecule has 0 amide bonds. The molecule has 2 saturated heterocycles. The van der Waals surface area contributed by atoms with Crippen LogP contribution in [0.3, 0.4) is 0 Å². The monoisotopic (exact) mass is 293 g/mol. The summed E-state index contributed by atoms with van der Waals surface area (Å²) in [5, 5.41) is 6.43. The Bertz CT molecular complexity index is 478. The largest absolute Gasteiger partial charge is 0.378 e. The molecule has 0 saturated carbocycles. The summed E-state index contributed by atoms with van der Waals surface area (Å²) in [6.07, 6.45) is 1.12. The van der Waals surface area contributed by atoms with Gasteiger partial charge in [-0.15, -0.1) is 0 Å². The minimum Gasteiger partial charge on any atom is -0.378 e. The third-order valence-corrected chi connectivity index (χ3v) is 3.87. The molecule has 2 aliphatic rings. The number of aromatic nitrogens is 3. The predicted octanol–water partition coefficient (Wildman–Crippen LogP) is -0.134. The molecule has 0 aliphatic carbocycles. The number of likely N-dealkylation sites (tertiary alicyclic amines) is 1. The second-order valence-corrected chi connectivity index (χ2v) is 5.52. The van der Waals surface area contributed by atoms with E-state index < -0.39 is 0 Å². The maximum Gasteiger partial charge on any atom is 0.232 e. The molecule has 2 fully saturated rings. The van der Waals surface area contributed by atoms with Crippen LogP contribution in [0.5, 0.6) is 0 Å². The van der Waals surface area contributed by atoms with Gasteiger partial charge in [-0.1, -0.05) is 0 Å². The van der Waals surface area contributed by atoms with Gasteiger partial charge in [0.2, 0.25) is 17.8 Å². The van der Waals surface area contributed by atoms with E-state index in [0.717, 1.165) is 45.8 Å². The van der Waals surface area contributed by atoms with Crippen LogP contribution in [0.1, 0.15) is 6.42 Å². The number of morpholine rings is 1. The van der Waals surface area contributed by atoms with Gasteiger partial charge in [-0.25, -0.2) is 0 Å². The van der Waals surface area contributed by atoms with Crippen LogP contribution in [0.4, 0.5) is 17.8 Å². The molecule has 2 aliphatic heterocycles. The van der Waals surface area contributed by atoms with E-state index in [4.69, 9.17) is 4.74 Å². The quantitative estimate of drug-likeness (QED) is 0.794. The molecule has 3 heterocycles. The summed E-state index contributed by atoms with van der Waals surface area (Å²) in [6, 6.07) is 0.402. The summed E-state index contributed by atoms with van der Waals surface area (Å²) in [7, 11) is 3.96. The first kappa shape index (κ1) is 14.3. The number of anilines is 3. The minimum atomic E-state index is 0.402. The van der Waals surface area contributed by atoms with Crippen LogP contribution >= 0.6 is 0 Å². The van der Waals surface area contributed by atoms with E-state index in [1.54, 1.807) is 0 Å². The molecule has 1 aromatic rings. The van der Waals surface area contributed by atoms with Crippen LogP contribution < -0.4 is 15.5 Å². The molecule has 1 unspecified atom stereocenters. The number of likely N-dealkylation sites (N-methyl/N-ethyl adjacent to an activating group) is 1. The van der Waals surface area contributed by atoms with Gasteiger partial charge in [-0.05, 0) is 20.0 Å². The second-order valence-electron chi connectivity index (χ2n) is 5.52. The van der Waals surface area contributed by atoms with E-state index >= 15 is 0 Å². The van der Waals surface area contributed by atoms with Crippen molar-refractivity contribution >= 4 is 17.8 Å². The van der Waals surface area contributed by atoms with Gasteiger partial charge in [0.05, 0.1) is 13.2 Å². The van der Waals surface area contributed by atoms with Gasteiger partial charge in [-0.2, -0.15) is 15.0 Å². The van der Waals surface area contributed by atoms with Gasteiger partial charge >= 0.3 is 0 Å². The highest BCUT2D eigenvalue weighted by Gasteiger charge is 2.21. The molecule has 116 valence electrons. The fourth-order valence-corrected chi connectivity index (χ4v) is 2.68. The number of hydrogen-bond acceptors (Lipinski definition) is 8. The lowest BCUT2D eigenvalue weighted by Gasteiger charge is -2.27. The van der Waals surface area contributed by atoms with Crippen molar-refractivity contribution in [2.45, 2.75) is 12.5 Å². The highest BCUT2D eigenvalue weighted by molar-refractivity contribution is 5.44. The maximum atomic E-state index is 5.38. The number of hydrogen-bond donors (Lipinski definition) is 2. The minimum absolute atomic E-state index is 0.402. The Hall–Kier alpha value is -1.67. The summed E-state index contributed by atoms with van der Waals surface area (Å²) >= 11 is 0. The predicted molar refractivity (Wildman–Crippen MR) is 81.9 cm³/mol. The first-order chi connectivity index (χ1) is 10.2. The molecule has 8 heteroatoms. The van der Waals surface area contributed by atoms with Crippen LogP contribution in [-0.2, 0) is 4.74 Å². The summed E-state index contributed by atoms with van der Waals surface area (Å²) < 4.78 is 5.38. The highest BCUT2D eigenvalue weighted by atomic mass is 16.5. The van der Waals surface area contributed by atoms with Crippen LogP contribution in [-0.4, -0.2) is 79.4 Å². The summed E-state index contributed by atoms with van der Waals surface area (Å²) in [6.45, 7) is 5.20. The molecule has 3 rings (SSSR count). The van der Waals surface area contributed by atoms with Crippen molar-refractivity contribution in [2.24, 2.45) is 0 Å². The molecule has 8 nitrogen and oxygen atoms in total. The lowest BCUT2D eigenvalue weighted by Crippen LogP contribution is -2.37. The topological polar surface area (TPSA) is 78.4 Å². The lowest BCUT2D eigenvalue weighted by atomic mass is 10.3. The Kier molecular flexibility index (Phi) is 4.35. The van der Waals surface area contributed by atoms with Gasteiger partial charge in [0, 0.05) is 32.7 Å². The van der Waals surface area contributed by atoms with E-state index in [0.29, 0.717) is 23.9 Å². The molecule has 0 bridgehead atoms. The molecule has 2 N–H and O–H groups in total. The molecule has 0 aromatic carbocycles. The van der Waals surface area contributed by atoms with Gasteiger partial charge in [-0.3, -0.25) is 0 Å². The molecule has 0 spiro atoms. The Balaban J connectivity index is 1.75. The number of rotatable bonds is 4. The molecule has 0 radical (unpaired) electrons. The van der Waals surface area contributed by atoms with Crippen molar-refractivity contribution in [3.05, 3.63) is 0 Å². The van der Waals surface area contributed by atoms with Crippen molar-refractivity contribution < 1.29 is 4.74 Å². The Morgan fingerprint density at radius 1 is 1.10 bits per heavy atom. The Morgan fingerprint density at radius 2 is 1.86 bits per heavy atom. The fraction of sp³-hybridized carbons (Fsp3) is 0.769. The first-order valence-electron chi connectivity index (χ1n) is 7.46. The van der Waals surface area contributed by atoms with Crippen molar-refractivity contribution in [1.82, 2.24) is 19.9 Å². The summed E-state index contributed by atoms with van der Waals surface area (Å²) in [5.74, 6) is 1.96. The van der Waals surface area contributed by atoms with Crippen LogP contribution in [0.25, 0.3) is 0 Å². The van der Waals surface area contributed by atoms with E-state index in [1.807, 2.05) is 7.05 Å². The van der Waals surface area contributed by atoms with Crippen LogP contribution in [0.15, 0.2) is 0 Å². The van der Waals surface area contributed by atoms with Gasteiger partial charge in [0.25, 0.3) is 0 Å². The average molecular weight is 293 g/mol. The van der Waals surface area contributed by atoms with Crippen molar-refractivity contribution in [3.63, 3.8) is 0 Å². The Morgan fingerprint density at radius 3 is 2.52 bits per heavy atom. The summed E-state index contributed by atoms with van der Waals surface area (Å²) in [5.41, 5.74) is 0.